The SMILES string of the molecule is CCC[C@@H]1CC2=C(C[C@H](CC)CC3=C1C(=O)NC3=O)C(=O)NC2=O. The maximum absolute atomic E-state index is 12.3. The molecule has 6 nitrogen and oxygen atoms in total. The molecule has 0 saturated carbocycles. The van der Waals surface area contributed by atoms with Crippen LogP contribution in [-0.2, 0) is 19.2 Å². The largest absolute Gasteiger partial charge is 0.289 e. The maximum atomic E-state index is 12.3. The number of imide groups is 2. The zero-order valence-electron chi connectivity index (χ0n) is 14.0. The van der Waals surface area contributed by atoms with Gasteiger partial charge in [-0.1, -0.05) is 26.7 Å². The number of rotatable bonds is 3. The minimum atomic E-state index is -0.347. The van der Waals surface area contributed by atoms with E-state index in [4.69, 9.17) is 0 Å². The van der Waals surface area contributed by atoms with E-state index in [1.54, 1.807) is 0 Å². The van der Waals surface area contributed by atoms with Crippen molar-refractivity contribution in [1.29, 1.82) is 0 Å². The van der Waals surface area contributed by atoms with Gasteiger partial charge in [0.15, 0.2) is 0 Å². The minimum absolute atomic E-state index is 0.0636. The smallest absolute Gasteiger partial charge is 0.254 e. The topological polar surface area (TPSA) is 92.3 Å². The van der Waals surface area contributed by atoms with Gasteiger partial charge in [0.2, 0.25) is 0 Å². The van der Waals surface area contributed by atoms with Crippen LogP contribution in [0.3, 0.4) is 0 Å². The molecule has 0 radical (unpaired) electrons. The Bertz CT molecular complexity index is 702. The molecule has 1 aliphatic carbocycles. The summed E-state index contributed by atoms with van der Waals surface area (Å²) in [5.41, 5.74) is 2.13. The van der Waals surface area contributed by atoms with Gasteiger partial charge in [0.05, 0.1) is 0 Å². The highest BCUT2D eigenvalue weighted by Crippen LogP contribution is 2.39. The molecule has 0 fully saturated rings. The Morgan fingerprint density at radius 1 is 0.792 bits per heavy atom. The summed E-state index contributed by atoms with van der Waals surface area (Å²) in [5, 5.41) is 4.80. The van der Waals surface area contributed by atoms with Crippen molar-refractivity contribution in [2.75, 3.05) is 0 Å². The van der Waals surface area contributed by atoms with Crippen molar-refractivity contribution in [3.05, 3.63) is 22.3 Å². The second kappa shape index (κ2) is 6.34. The van der Waals surface area contributed by atoms with Crippen LogP contribution in [0.1, 0.15) is 52.4 Å². The van der Waals surface area contributed by atoms with Gasteiger partial charge in [-0.05, 0) is 37.5 Å². The van der Waals surface area contributed by atoms with Crippen LogP contribution in [0, 0.1) is 11.8 Å². The van der Waals surface area contributed by atoms with Gasteiger partial charge in [0.25, 0.3) is 23.6 Å². The van der Waals surface area contributed by atoms with E-state index in [9.17, 15) is 19.2 Å². The fourth-order valence-electron chi connectivity index (χ4n) is 3.98. The number of nitrogens with one attached hydrogen (secondary N) is 2. The van der Waals surface area contributed by atoms with Crippen LogP contribution in [0.2, 0.25) is 0 Å². The van der Waals surface area contributed by atoms with Crippen molar-refractivity contribution >= 4 is 23.6 Å². The van der Waals surface area contributed by atoms with Gasteiger partial charge in [-0.25, -0.2) is 0 Å². The fraction of sp³-hybridized carbons (Fsp3) is 0.556. The Balaban J connectivity index is 2.10. The minimum Gasteiger partial charge on any atom is -0.289 e. The van der Waals surface area contributed by atoms with E-state index >= 15 is 0 Å². The van der Waals surface area contributed by atoms with Gasteiger partial charge < -0.3 is 0 Å². The third kappa shape index (κ3) is 2.70. The molecule has 0 aromatic carbocycles. The highest BCUT2D eigenvalue weighted by atomic mass is 16.2. The Kier molecular flexibility index (Phi) is 4.39. The van der Waals surface area contributed by atoms with Crippen LogP contribution in [0.5, 0.6) is 0 Å². The van der Waals surface area contributed by atoms with Crippen LogP contribution in [0.25, 0.3) is 0 Å². The summed E-state index contributed by atoms with van der Waals surface area (Å²) >= 11 is 0. The number of carbonyl (C=O) groups excluding carboxylic acids is 4. The van der Waals surface area contributed by atoms with Crippen LogP contribution in [0.15, 0.2) is 22.3 Å². The highest BCUT2D eigenvalue weighted by molar-refractivity contribution is 6.21. The van der Waals surface area contributed by atoms with Gasteiger partial charge in [-0.15, -0.1) is 0 Å². The molecule has 3 aliphatic rings. The predicted molar refractivity (Wildman–Crippen MR) is 86.4 cm³/mol. The molecule has 0 aromatic heterocycles. The molecule has 3 rings (SSSR count). The lowest BCUT2D eigenvalue weighted by Crippen LogP contribution is -2.26. The summed E-state index contributed by atoms with van der Waals surface area (Å²) in [6.45, 7) is 4.00. The van der Waals surface area contributed by atoms with Gasteiger partial charge >= 0.3 is 0 Å². The lowest BCUT2D eigenvalue weighted by atomic mass is 9.85. The molecule has 0 bridgehead atoms. The van der Waals surface area contributed by atoms with E-state index in [0.29, 0.717) is 48.0 Å². The number of hydrogen-bond donors (Lipinski definition) is 2. The third-order valence-electron chi connectivity index (χ3n) is 5.27. The molecular formula is C18H22N2O4. The molecule has 128 valence electrons. The first-order valence-electron chi connectivity index (χ1n) is 8.62. The monoisotopic (exact) mass is 330 g/mol. The normalized spacial score (nSPS) is 27.4. The quantitative estimate of drug-likeness (QED) is 0.767. The predicted octanol–water partition coefficient (Wildman–Crippen LogP) is 1.52. The molecule has 0 spiro atoms. The second-order valence-corrected chi connectivity index (χ2v) is 6.79. The van der Waals surface area contributed by atoms with E-state index in [2.05, 4.69) is 10.6 Å². The Labute approximate surface area is 140 Å². The summed E-state index contributed by atoms with van der Waals surface area (Å²) in [4.78, 5) is 48.9. The highest BCUT2D eigenvalue weighted by Gasteiger charge is 2.40. The molecular weight excluding hydrogens is 308 g/mol. The van der Waals surface area contributed by atoms with Crippen molar-refractivity contribution in [3.8, 4) is 0 Å². The molecule has 0 saturated heterocycles. The van der Waals surface area contributed by atoms with Crippen molar-refractivity contribution < 1.29 is 19.2 Å². The summed E-state index contributed by atoms with van der Waals surface area (Å²) in [6.07, 6.45) is 3.60. The lowest BCUT2D eigenvalue weighted by molar-refractivity contribution is -0.126. The Morgan fingerprint density at radius 2 is 1.33 bits per heavy atom. The number of hydrogen-bond acceptors (Lipinski definition) is 4. The number of carbonyl (C=O) groups is 4. The lowest BCUT2D eigenvalue weighted by Gasteiger charge is -2.17. The molecule has 0 aromatic rings. The van der Waals surface area contributed by atoms with Crippen LogP contribution in [0.4, 0.5) is 0 Å². The third-order valence-corrected chi connectivity index (χ3v) is 5.27. The van der Waals surface area contributed by atoms with E-state index in [1.807, 2.05) is 13.8 Å². The fourth-order valence-corrected chi connectivity index (χ4v) is 3.98. The van der Waals surface area contributed by atoms with Crippen molar-refractivity contribution in [2.45, 2.75) is 52.4 Å². The Hall–Kier alpha value is -2.24. The average molecular weight is 330 g/mol. The van der Waals surface area contributed by atoms with Crippen molar-refractivity contribution in [3.63, 3.8) is 0 Å². The molecule has 2 heterocycles. The number of amides is 4. The van der Waals surface area contributed by atoms with Crippen molar-refractivity contribution in [2.24, 2.45) is 11.8 Å². The molecule has 0 unspecified atom stereocenters. The molecule has 2 atom stereocenters. The molecule has 2 aliphatic heterocycles. The molecule has 6 heteroatoms. The first kappa shape index (κ1) is 16.6. The van der Waals surface area contributed by atoms with Gasteiger partial charge in [-0.2, -0.15) is 0 Å². The zero-order valence-corrected chi connectivity index (χ0v) is 14.0. The second-order valence-electron chi connectivity index (χ2n) is 6.79. The zero-order chi connectivity index (χ0) is 17.4. The summed E-state index contributed by atoms with van der Waals surface area (Å²) in [7, 11) is 0. The standard InChI is InChI=1S/C18H22N2O4/c1-3-5-10-8-12-11(15(21)19-16(12)22)6-9(4-2)7-13-14(10)18(24)20-17(13)23/h9-10H,3-8H2,1-2H3,(H,19,21,22)(H,20,23,24)/t9-,10+/m0/s1. The summed E-state index contributed by atoms with van der Waals surface area (Å²) in [5.74, 6) is -1.45. The molecule has 24 heavy (non-hydrogen) atoms. The van der Waals surface area contributed by atoms with E-state index in [-0.39, 0.29) is 35.5 Å². The summed E-state index contributed by atoms with van der Waals surface area (Å²) in [6, 6.07) is 0. The first-order valence-corrected chi connectivity index (χ1v) is 8.62. The average Bonchev–Trinajstić information content (AvgIpc) is 2.97. The van der Waals surface area contributed by atoms with Crippen LogP contribution < -0.4 is 10.6 Å². The van der Waals surface area contributed by atoms with E-state index in [0.717, 1.165) is 12.8 Å². The Morgan fingerprint density at radius 3 is 1.96 bits per heavy atom. The molecule has 4 amide bonds. The summed E-state index contributed by atoms with van der Waals surface area (Å²) < 4.78 is 0. The maximum Gasteiger partial charge on any atom is 0.254 e. The van der Waals surface area contributed by atoms with Crippen molar-refractivity contribution in [1.82, 2.24) is 10.6 Å². The van der Waals surface area contributed by atoms with Crippen LogP contribution >= 0.6 is 0 Å². The molecule has 2 N–H and O–H groups in total. The van der Waals surface area contributed by atoms with E-state index < -0.39 is 0 Å². The van der Waals surface area contributed by atoms with Gasteiger partial charge in [-0.3, -0.25) is 29.8 Å². The van der Waals surface area contributed by atoms with E-state index in [1.165, 1.54) is 0 Å². The van der Waals surface area contributed by atoms with Gasteiger partial charge in [0.1, 0.15) is 0 Å². The first-order chi connectivity index (χ1) is 11.5. The van der Waals surface area contributed by atoms with Gasteiger partial charge in [0, 0.05) is 22.3 Å². The van der Waals surface area contributed by atoms with Crippen LogP contribution in [-0.4, -0.2) is 23.6 Å².